The van der Waals surface area contributed by atoms with Crippen molar-refractivity contribution in [3.05, 3.63) is 72.9 Å². The van der Waals surface area contributed by atoms with Gasteiger partial charge in [0, 0.05) is 19.4 Å². The Bertz CT molecular complexity index is 1020. The third-order valence-electron chi connectivity index (χ3n) is 9.73. The van der Waals surface area contributed by atoms with Crippen LogP contribution in [0.15, 0.2) is 72.9 Å². The third kappa shape index (κ3) is 44.1. The summed E-state index contributed by atoms with van der Waals surface area (Å²) in [6, 6.07) is 0. The number of allylic oxidation sites excluding steroid dienone is 12. The zero-order valence-electron chi connectivity index (χ0n) is 36.9. The number of esters is 2. The molecule has 0 aliphatic heterocycles. The summed E-state index contributed by atoms with van der Waals surface area (Å²) in [5.74, 6) is -0.439. The first-order valence-corrected chi connectivity index (χ1v) is 23.5. The molecule has 0 aromatic rings. The van der Waals surface area contributed by atoms with E-state index in [1.54, 1.807) is 0 Å². The van der Waals surface area contributed by atoms with Gasteiger partial charge in [-0.2, -0.15) is 0 Å². The molecule has 0 saturated heterocycles. The summed E-state index contributed by atoms with van der Waals surface area (Å²) in [6.07, 6.45) is 59.2. The Balaban J connectivity index is 4.19. The Kier molecular flexibility index (Phi) is 44.5. The highest BCUT2D eigenvalue weighted by atomic mass is 16.6. The molecule has 0 radical (unpaired) electrons. The van der Waals surface area contributed by atoms with E-state index in [-0.39, 0.29) is 25.2 Å². The van der Waals surface area contributed by atoms with Crippen LogP contribution >= 0.6 is 0 Å². The van der Waals surface area contributed by atoms with E-state index in [4.69, 9.17) is 14.2 Å². The van der Waals surface area contributed by atoms with Gasteiger partial charge in [-0.25, -0.2) is 0 Å². The van der Waals surface area contributed by atoms with Crippen molar-refractivity contribution in [3.63, 3.8) is 0 Å². The van der Waals surface area contributed by atoms with Gasteiger partial charge >= 0.3 is 11.9 Å². The zero-order chi connectivity index (χ0) is 40.7. The van der Waals surface area contributed by atoms with Crippen LogP contribution in [0.1, 0.15) is 213 Å². The summed E-state index contributed by atoms with van der Waals surface area (Å²) in [5, 5.41) is 0. The minimum absolute atomic E-state index is 0.0599. The molecule has 0 spiro atoms. The van der Waals surface area contributed by atoms with Gasteiger partial charge in [0.15, 0.2) is 6.10 Å². The maximum Gasteiger partial charge on any atom is 0.306 e. The fourth-order valence-electron chi connectivity index (χ4n) is 6.25. The molecule has 0 aliphatic rings. The molecule has 0 aromatic heterocycles. The number of hydrogen-bond acceptors (Lipinski definition) is 5. The largest absolute Gasteiger partial charge is 0.462 e. The van der Waals surface area contributed by atoms with Crippen LogP contribution in [0.25, 0.3) is 0 Å². The molecule has 0 saturated carbocycles. The fraction of sp³-hybridized carbons (Fsp3) is 0.725. The van der Waals surface area contributed by atoms with Gasteiger partial charge in [0.25, 0.3) is 0 Å². The second kappa shape index (κ2) is 46.7. The molecule has 56 heavy (non-hydrogen) atoms. The summed E-state index contributed by atoms with van der Waals surface area (Å²) in [6.45, 7) is 7.51. The van der Waals surface area contributed by atoms with E-state index in [1.165, 1.54) is 96.3 Å². The molecule has 0 bridgehead atoms. The zero-order valence-corrected chi connectivity index (χ0v) is 36.9. The maximum absolute atomic E-state index is 12.6. The Labute approximate surface area is 347 Å². The van der Waals surface area contributed by atoms with Crippen molar-refractivity contribution in [1.82, 2.24) is 0 Å². The highest BCUT2D eigenvalue weighted by Crippen LogP contribution is 2.13. The SMILES string of the molecule is CC/C=C\C/C=C\C/C=C\C/C=C\CCCOCC(COC(=O)CCCCCCCCCCC/C=C\C/C=C\CCCCC)OC(=O)CCCCCCCCC. The Morgan fingerprint density at radius 2 is 0.804 bits per heavy atom. The van der Waals surface area contributed by atoms with Crippen LogP contribution in [0.2, 0.25) is 0 Å². The van der Waals surface area contributed by atoms with Crippen molar-refractivity contribution in [2.45, 2.75) is 219 Å². The van der Waals surface area contributed by atoms with Gasteiger partial charge in [-0.1, -0.05) is 190 Å². The summed E-state index contributed by atoms with van der Waals surface area (Å²) in [5.41, 5.74) is 0. The lowest BCUT2D eigenvalue weighted by molar-refractivity contribution is -0.163. The van der Waals surface area contributed by atoms with Gasteiger partial charge in [-0.15, -0.1) is 0 Å². The van der Waals surface area contributed by atoms with E-state index in [0.717, 1.165) is 83.5 Å². The van der Waals surface area contributed by atoms with E-state index >= 15 is 0 Å². The van der Waals surface area contributed by atoms with Gasteiger partial charge < -0.3 is 14.2 Å². The average molecular weight is 781 g/mol. The van der Waals surface area contributed by atoms with Crippen molar-refractivity contribution >= 4 is 11.9 Å². The molecule has 0 aromatic carbocycles. The second-order valence-corrected chi connectivity index (χ2v) is 15.3. The minimum atomic E-state index is -0.563. The number of carbonyl (C=O) groups is 2. The number of rotatable bonds is 42. The van der Waals surface area contributed by atoms with Gasteiger partial charge in [-0.05, 0) is 83.5 Å². The topological polar surface area (TPSA) is 61.8 Å². The van der Waals surface area contributed by atoms with E-state index in [9.17, 15) is 9.59 Å². The molecule has 0 N–H and O–H groups in total. The van der Waals surface area contributed by atoms with Crippen molar-refractivity contribution in [3.8, 4) is 0 Å². The van der Waals surface area contributed by atoms with Crippen molar-refractivity contribution in [1.29, 1.82) is 0 Å². The standard InChI is InChI=1S/C51H88O5/c1-4-7-10-13-16-18-20-22-24-25-26-27-28-29-31-33-36-38-41-44-50(52)55-48-49(56-51(53)45-42-39-35-15-12-9-6-3)47-54-46-43-40-37-34-32-30-23-21-19-17-14-11-8-5-2/h8,11,16-19,22-24,30,34,37,49H,4-7,9-10,12-15,20-21,25-29,31-33,35-36,38-48H2,1-3H3/b11-8-,18-16-,19-17-,24-22-,30-23-,37-34-. The molecule has 322 valence electrons. The highest BCUT2D eigenvalue weighted by Gasteiger charge is 2.17. The van der Waals surface area contributed by atoms with Crippen LogP contribution in [0, 0.1) is 0 Å². The number of carbonyl (C=O) groups excluding carboxylic acids is 2. The summed E-state index contributed by atoms with van der Waals surface area (Å²) < 4.78 is 17.2. The van der Waals surface area contributed by atoms with Crippen LogP contribution in [0.5, 0.6) is 0 Å². The molecule has 0 aliphatic carbocycles. The Morgan fingerprint density at radius 1 is 0.411 bits per heavy atom. The predicted molar refractivity (Wildman–Crippen MR) is 242 cm³/mol. The van der Waals surface area contributed by atoms with Crippen LogP contribution in [-0.2, 0) is 23.8 Å². The van der Waals surface area contributed by atoms with Gasteiger partial charge in [0.05, 0.1) is 6.61 Å². The minimum Gasteiger partial charge on any atom is -0.462 e. The quantitative estimate of drug-likeness (QED) is 0.0351. The molecule has 1 unspecified atom stereocenters. The number of hydrogen-bond donors (Lipinski definition) is 0. The van der Waals surface area contributed by atoms with Crippen LogP contribution in [0.4, 0.5) is 0 Å². The summed E-state index contributed by atoms with van der Waals surface area (Å²) >= 11 is 0. The molecule has 5 nitrogen and oxygen atoms in total. The van der Waals surface area contributed by atoms with E-state index in [2.05, 4.69) is 93.7 Å². The van der Waals surface area contributed by atoms with Gasteiger partial charge in [0.1, 0.15) is 6.61 Å². The van der Waals surface area contributed by atoms with Gasteiger partial charge in [0.2, 0.25) is 0 Å². The van der Waals surface area contributed by atoms with Crippen molar-refractivity contribution in [2.75, 3.05) is 19.8 Å². The van der Waals surface area contributed by atoms with Crippen molar-refractivity contribution < 1.29 is 23.8 Å². The smallest absolute Gasteiger partial charge is 0.306 e. The average Bonchev–Trinajstić information content (AvgIpc) is 3.20. The highest BCUT2D eigenvalue weighted by molar-refractivity contribution is 5.70. The monoisotopic (exact) mass is 781 g/mol. The Hall–Kier alpha value is -2.66. The van der Waals surface area contributed by atoms with E-state index < -0.39 is 6.10 Å². The first-order chi connectivity index (χ1) is 27.6. The van der Waals surface area contributed by atoms with Crippen molar-refractivity contribution in [2.24, 2.45) is 0 Å². The van der Waals surface area contributed by atoms with Crippen LogP contribution in [0.3, 0.4) is 0 Å². The second-order valence-electron chi connectivity index (χ2n) is 15.3. The summed E-state index contributed by atoms with van der Waals surface area (Å²) in [4.78, 5) is 25.2. The van der Waals surface area contributed by atoms with Crippen LogP contribution < -0.4 is 0 Å². The number of ether oxygens (including phenoxy) is 3. The Morgan fingerprint density at radius 3 is 1.32 bits per heavy atom. The first kappa shape index (κ1) is 53.3. The molecular weight excluding hydrogens is 693 g/mol. The molecular formula is C51H88O5. The lowest BCUT2D eigenvalue weighted by Crippen LogP contribution is -2.30. The normalized spacial score (nSPS) is 12.8. The lowest BCUT2D eigenvalue weighted by atomic mass is 10.1. The molecule has 0 fully saturated rings. The molecule has 0 amide bonds. The molecule has 1 atom stereocenters. The lowest BCUT2D eigenvalue weighted by Gasteiger charge is -2.18. The fourth-order valence-corrected chi connectivity index (χ4v) is 6.25. The maximum atomic E-state index is 12.6. The molecule has 0 rings (SSSR count). The van der Waals surface area contributed by atoms with E-state index in [0.29, 0.717) is 19.4 Å². The first-order valence-electron chi connectivity index (χ1n) is 23.5. The number of unbranched alkanes of at least 4 members (excludes halogenated alkanes) is 19. The summed E-state index contributed by atoms with van der Waals surface area (Å²) in [7, 11) is 0. The predicted octanol–water partition coefficient (Wildman–Crippen LogP) is 15.6. The van der Waals surface area contributed by atoms with E-state index in [1.807, 2.05) is 0 Å². The molecule has 0 heterocycles. The molecule has 5 heteroatoms. The third-order valence-corrected chi connectivity index (χ3v) is 9.73. The van der Waals surface area contributed by atoms with Gasteiger partial charge in [-0.3, -0.25) is 9.59 Å². The van der Waals surface area contributed by atoms with Crippen LogP contribution in [-0.4, -0.2) is 37.9 Å².